The Morgan fingerprint density at radius 1 is 1.04 bits per heavy atom. The van der Waals surface area contributed by atoms with E-state index in [4.69, 9.17) is 16.3 Å². The molecule has 0 aliphatic heterocycles. The summed E-state index contributed by atoms with van der Waals surface area (Å²) in [4.78, 5) is 23.6. The minimum atomic E-state index is -0.403. The van der Waals surface area contributed by atoms with Crippen molar-refractivity contribution in [2.75, 3.05) is 14.2 Å². The summed E-state index contributed by atoms with van der Waals surface area (Å²) in [5.74, 6) is -0.160. The number of benzene rings is 2. The average Bonchev–Trinajstić information content (AvgIpc) is 2.59. The SMILES string of the molecule is COC(=O)c1ccc(/C=C/C(=O)c2cc(Cl)ccc2OC)cc1. The number of halogens is 1. The van der Waals surface area contributed by atoms with Crippen molar-refractivity contribution < 1.29 is 19.1 Å². The van der Waals surface area contributed by atoms with Crippen LogP contribution in [0.2, 0.25) is 5.02 Å². The summed E-state index contributed by atoms with van der Waals surface area (Å²) in [5, 5.41) is 0.463. The van der Waals surface area contributed by atoms with Gasteiger partial charge in [-0.15, -0.1) is 0 Å². The molecule has 0 atom stereocenters. The number of allylic oxidation sites excluding steroid dienone is 1. The lowest BCUT2D eigenvalue weighted by Crippen LogP contribution is -2.00. The normalized spacial score (nSPS) is 10.6. The van der Waals surface area contributed by atoms with Crippen LogP contribution >= 0.6 is 11.6 Å². The molecule has 4 nitrogen and oxygen atoms in total. The van der Waals surface area contributed by atoms with Crippen LogP contribution in [0.4, 0.5) is 0 Å². The van der Waals surface area contributed by atoms with Crippen LogP contribution in [0.15, 0.2) is 48.5 Å². The van der Waals surface area contributed by atoms with Crippen LogP contribution < -0.4 is 4.74 Å². The highest BCUT2D eigenvalue weighted by Crippen LogP contribution is 2.23. The second kappa shape index (κ2) is 7.61. The number of hydrogen-bond acceptors (Lipinski definition) is 4. The first kappa shape index (κ1) is 16.8. The molecule has 0 unspecified atom stereocenters. The molecule has 0 aliphatic rings. The minimum absolute atomic E-state index is 0.221. The largest absolute Gasteiger partial charge is 0.496 e. The van der Waals surface area contributed by atoms with Crippen LogP contribution in [0.5, 0.6) is 5.75 Å². The highest BCUT2D eigenvalue weighted by molar-refractivity contribution is 6.31. The number of ether oxygens (including phenoxy) is 2. The molecule has 0 saturated carbocycles. The van der Waals surface area contributed by atoms with E-state index in [9.17, 15) is 9.59 Å². The van der Waals surface area contributed by atoms with Crippen LogP contribution in [0.1, 0.15) is 26.3 Å². The number of methoxy groups -OCH3 is 2. The molecule has 0 N–H and O–H groups in total. The lowest BCUT2D eigenvalue weighted by molar-refractivity contribution is 0.0600. The zero-order valence-electron chi connectivity index (χ0n) is 12.7. The summed E-state index contributed by atoms with van der Waals surface area (Å²) in [7, 11) is 2.82. The Morgan fingerprint density at radius 2 is 1.74 bits per heavy atom. The minimum Gasteiger partial charge on any atom is -0.496 e. The standard InChI is InChI=1S/C18H15ClO4/c1-22-17-10-8-14(19)11-15(17)16(20)9-5-12-3-6-13(7-4-12)18(21)23-2/h3-11H,1-2H3/b9-5+. The van der Waals surface area contributed by atoms with Gasteiger partial charge in [0.1, 0.15) is 5.75 Å². The van der Waals surface area contributed by atoms with Gasteiger partial charge in [-0.1, -0.05) is 29.8 Å². The van der Waals surface area contributed by atoms with Crippen molar-refractivity contribution in [3.8, 4) is 5.75 Å². The number of ketones is 1. The highest BCUT2D eigenvalue weighted by Gasteiger charge is 2.10. The molecule has 2 rings (SSSR count). The number of rotatable bonds is 5. The fourth-order valence-electron chi connectivity index (χ4n) is 1.98. The topological polar surface area (TPSA) is 52.6 Å². The first-order chi connectivity index (χ1) is 11.0. The molecule has 0 radical (unpaired) electrons. The van der Waals surface area contributed by atoms with Crippen molar-refractivity contribution in [3.63, 3.8) is 0 Å². The third kappa shape index (κ3) is 4.20. The Morgan fingerprint density at radius 3 is 2.35 bits per heavy atom. The smallest absolute Gasteiger partial charge is 0.337 e. The van der Waals surface area contributed by atoms with E-state index in [1.807, 2.05) is 0 Å². The first-order valence-corrected chi connectivity index (χ1v) is 7.17. The molecule has 0 spiro atoms. The lowest BCUT2D eigenvalue weighted by atomic mass is 10.1. The Kier molecular flexibility index (Phi) is 5.55. The summed E-state index contributed by atoms with van der Waals surface area (Å²) in [6, 6.07) is 11.6. The van der Waals surface area contributed by atoms with Gasteiger partial charge in [0.25, 0.3) is 0 Å². The van der Waals surface area contributed by atoms with E-state index in [0.717, 1.165) is 5.56 Å². The fourth-order valence-corrected chi connectivity index (χ4v) is 2.15. The van der Waals surface area contributed by atoms with E-state index < -0.39 is 5.97 Å². The number of carbonyl (C=O) groups is 2. The van der Waals surface area contributed by atoms with E-state index in [-0.39, 0.29) is 5.78 Å². The fraction of sp³-hybridized carbons (Fsp3) is 0.111. The molecular weight excluding hydrogens is 316 g/mol. The maximum absolute atomic E-state index is 12.3. The van der Waals surface area contributed by atoms with Crippen molar-refractivity contribution in [3.05, 3.63) is 70.3 Å². The molecule has 0 aliphatic carbocycles. The molecule has 0 fully saturated rings. The zero-order valence-corrected chi connectivity index (χ0v) is 13.5. The van der Waals surface area contributed by atoms with E-state index >= 15 is 0 Å². The first-order valence-electron chi connectivity index (χ1n) is 6.79. The molecule has 2 aromatic carbocycles. The van der Waals surface area contributed by atoms with Gasteiger partial charge in [-0.3, -0.25) is 4.79 Å². The van der Waals surface area contributed by atoms with E-state index in [1.165, 1.54) is 20.3 Å². The van der Waals surface area contributed by atoms with Crippen LogP contribution in [0, 0.1) is 0 Å². The number of esters is 1. The molecule has 23 heavy (non-hydrogen) atoms. The van der Waals surface area contributed by atoms with Gasteiger partial charge in [-0.05, 0) is 42.0 Å². The molecule has 0 heterocycles. The Hall–Kier alpha value is -2.59. The second-order valence-electron chi connectivity index (χ2n) is 4.66. The average molecular weight is 331 g/mol. The van der Waals surface area contributed by atoms with Crippen molar-refractivity contribution in [2.45, 2.75) is 0 Å². The zero-order chi connectivity index (χ0) is 16.8. The Balaban J connectivity index is 2.18. The van der Waals surface area contributed by atoms with Gasteiger partial charge in [0.2, 0.25) is 0 Å². The van der Waals surface area contributed by atoms with Gasteiger partial charge in [0.05, 0.1) is 25.3 Å². The summed E-state index contributed by atoms with van der Waals surface area (Å²) in [6.07, 6.45) is 3.09. The summed E-state index contributed by atoms with van der Waals surface area (Å²) >= 11 is 5.92. The number of carbonyl (C=O) groups excluding carboxylic acids is 2. The molecule has 2 aromatic rings. The Bertz CT molecular complexity index is 748. The maximum Gasteiger partial charge on any atom is 0.337 e. The van der Waals surface area contributed by atoms with E-state index in [1.54, 1.807) is 48.5 Å². The van der Waals surface area contributed by atoms with Gasteiger partial charge < -0.3 is 9.47 Å². The predicted octanol–water partition coefficient (Wildman–Crippen LogP) is 4.03. The lowest BCUT2D eigenvalue weighted by Gasteiger charge is -2.05. The quantitative estimate of drug-likeness (QED) is 0.472. The van der Waals surface area contributed by atoms with Crippen molar-refractivity contribution in [1.29, 1.82) is 0 Å². The van der Waals surface area contributed by atoms with Crippen molar-refractivity contribution >= 4 is 29.4 Å². The second-order valence-corrected chi connectivity index (χ2v) is 5.09. The third-order valence-corrected chi connectivity index (χ3v) is 3.42. The number of hydrogen-bond donors (Lipinski definition) is 0. The van der Waals surface area contributed by atoms with E-state index in [2.05, 4.69) is 4.74 Å². The van der Waals surface area contributed by atoms with Gasteiger partial charge in [-0.2, -0.15) is 0 Å². The molecule has 118 valence electrons. The predicted molar refractivity (Wildman–Crippen MR) is 89.2 cm³/mol. The van der Waals surface area contributed by atoms with Gasteiger partial charge >= 0.3 is 5.97 Å². The van der Waals surface area contributed by atoms with Crippen LogP contribution in [-0.4, -0.2) is 26.0 Å². The van der Waals surface area contributed by atoms with Crippen LogP contribution in [-0.2, 0) is 4.74 Å². The molecule has 0 saturated heterocycles. The molecule has 0 amide bonds. The molecule has 0 bridgehead atoms. The van der Waals surface area contributed by atoms with Crippen LogP contribution in [0.25, 0.3) is 6.08 Å². The summed E-state index contributed by atoms with van der Waals surface area (Å²) < 4.78 is 9.79. The van der Waals surface area contributed by atoms with E-state index in [0.29, 0.717) is 21.9 Å². The van der Waals surface area contributed by atoms with Gasteiger partial charge in [-0.25, -0.2) is 4.79 Å². The maximum atomic E-state index is 12.3. The molecule has 0 aromatic heterocycles. The summed E-state index contributed by atoms with van der Waals surface area (Å²) in [5.41, 5.74) is 1.63. The third-order valence-electron chi connectivity index (χ3n) is 3.19. The monoisotopic (exact) mass is 330 g/mol. The van der Waals surface area contributed by atoms with Crippen molar-refractivity contribution in [2.24, 2.45) is 0 Å². The molecular formula is C18H15ClO4. The van der Waals surface area contributed by atoms with Gasteiger partial charge in [0, 0.05) is 5.02 Å². The molecule has 5 heteroatoms. The Labute approximate surface area is 139 Å². The van der Waals surface area contributed by atoms with Crippen LogP contribution in [0.3, 0.4) is 0 Å². The summed E-state index contributed by atoms with van der Waals surface area (Å²) in [6.45, 7) is 0. The van der Waals surface area contributed by atoms with Gasteiger partial charge in [0.15, 0.2) is 5.78 Å². The van der Waals surface area contributed by atoms with Crippen molar-refractivity contribution in [1.82, 2.24) is 0 Å². The highest BCUT2D eigenvalue weighted by atomic mass is 35.5.